The Morgan fingerprint density at radius 3 is 3.00 bits per heavy atom. The molecule has 1 aliphatic rings. The highest BCUT2D eigenvalue weighted by molar-refractivity contribution is 5.29. The highest BCUT2D eigenvalue weighted by Gasteiger charge is 2.18. The summed E-state index contributed by atoms with van der Waals surface area (Å²) in [5.41, 5.74) is 3.13. The second-order valence-corrected chi connectivity index (χ2v) is 4.92. The monoisotopic (exact) mass is 220 g/mol. The van der Waals surface area contributed by atoms with E-state index in [1.807, 2.05) is 0 Å². The summed E-state index contributed by atoms with van der Waals surface area (Å²) in [5.74, 6) is 0. The molecule has 2 nitrogen and oxygen atoms in total. The fraction of sp³-hybridized carbons (Fsp3) is 0.714. The molecule has 1 aromatic rings. The van der Waals surface area contributed by atoms with Crippen LogP contribution < -0.4 is 5.32 Å². The molecular weight excluding hydrogens is 196 g/mol. The summed E-state index contributed by atoms with van der Waals surface area (Å²) in [7, 11) is 2.09. The van der Waals surface area contributed by atoms with Crippen LogP contribution in [0.2, 0.25) is 0 Å². The summed E-state index contributed by atoms with van der Waals surface area (Å²) in [6.07, 6.45) is 12.6. The molecule has 90 valence electrons. The SMILES string of the molecule is CCCCn1cc2c(c1)C(NC)CCCC2. The number of nitrogens with one attached hydrogen (secondary N) is 1. The Kier molecular flexibility index (Phi) is 4.05. The maximum Gasteiger partial charge on any atom is 0.0335 e. The van der Waals surface area contributed by atoms with E-state index in [1.54, 1.807) is 11.1 Å². The van der Waals surface area contributed by atoms with E-state index in [1.165, 1.54) is 45.1 Å². The van der Waals surface area contributed by atoms with Gasteiger partial charge in [-0.15, -0.1) is 0 Å². The van der Waals surface area contributed by atoms with Gasteiger partial charge in [0.2, 0.25) is 0 Å². The molecular formula is C14H24N2. The number of hydrogen-bond acceptors (Lipinski definition) is 1. The molecule has 0 fully saturated rings. The van der Waals surface area contributed by atoms with Crippen molar-refractivity contribution in [2.45, 2.75) is 58.0 Å². The van der Waals surface area contributed by atoms with Gasteiger partial charge < -0.3 is 9.88 Å². The summed E-state index contributed by atoms with van der Waals surface area (Å²) in [6, 6.07) is 0.584. The van der Waals surface area contributed by atoms with Gasteiger partial charge in [0.05, 0.1) is 0 Å². The van der Waals surface area contributed by atoms with E-state index in [0.717, 1.165) is 0 Å². The van der Waals surface area contributed by atoms with Gasteiger partial charge in [-0.1, -0.05) is 19.8 Å². The Balaban J connectivity index is 2.16. The van der Waals surface area contributed by atoms with Gasteiger partial charge in [-0.3, -0.25) is 0 Å². The number of fused-ring (bicyclic) bond motifs is 1. The largest absolute Gasteiger partial charge is 0.354 e. The molecule has 0 bridgehead atoms. The molecule has 1 N–H and O–H groups in total. The van der Waals surface area contributed by atoms with Crippen LogP contribution in [0.25, 0.3) is 0 Å². The Bertz CT molecular complexity index is 327. The van der Waals surface area contributed by atoms with Gasteiger partial charge in [0.15, 0.2) is 0 Å². The zero-order valence-corrected chi connectivity index (χ0v) is 10.6. The topological polar surface area (TPSA) is 17.0 Å². The highest BCUT2D eigenvalue weighted by Crippen LogP contribution is 2.29. The molecule has 1 aromatic heterocycles. The van der Waals surface area contributed by atoms with Crippen LogP contribution in [0.4, 0.5) is 0 Å². The predicted octanol–water partition coefficient (Wildman–Crippen LogP) is 3.28. The smallest absolute Gasteiger partial charge is 0.0335 e. The van der Waals surface area contributed by atoms with Crippen LogP contribution in [-0.2, 0) is 13.0 Å². The van der Waals surface area contributed by atoms with E-state index in [2.05, 4.69) is 36.2 Å². The van der Waals surface area contributed by atoms with Crippen molar-refractivity contribution in [3.63, 3.8) is 0 Å². The summed E-state index contributed by atoms with van der Waals surface area (Å²) in [6.45, 7) is 3.44. The third-order valence-corrected chi connectivity index (χ3v) is 3.68. The van der Waals surface area contributed by atoms with Crippen LogP contribution in [-0.4, -0.2) is 11.6 Å². The molecule has 1 aliphatic carbocycles. The van der Waals surface area contributed by atoms with E-state index >= 15 is 0 Å². The first-order valence-corrected chi connectivity index (χ1v) is 6.71. The molecule has 1 atom stereocenters. The predicted molar refractivity (Wildman–Crippen MR) is 68.7 cm³/mol. The summed E-state index contributed by atoms with van der Waals surface area (Å²) >= 11 is 0. The second kappa shape index (κ2) is 5.53. The van der Waals surface area contributed by atoms with Crippen molar-refractivity contribution in [3.05, 3.63) is 23.5 Å². The van der Waals surface area contributed by atoms with Crippen molar-refractivity contribution in [1.29, 1.82) is 0 Å². The van der Waals surface area contributed by atoms with Gasteiger partial charge in [-0.2, -0.15) is 0 Å². The third kappa shape index (κ3) is 2.49. The van der Waals surface area contributed by atoms with Crippen molar-refractivity contribution >= 4 is 0 Å². The minimum Gasteiger partial charge on any atom is -0.354 e. The summed E-state index contributed by atoms with van der Waals surface area (Å²) in [4.78, 5) is 0. The van der Waals surface area contributed by atoms with Gasteiger partial charge >= 0.3 is 0 Å². The molecule has 0 saturated heterocycles. The third-order valence-electron chi connectivity index (χ3n) is 3.68. The first-order valence-electron chi connectivity index (χ1n) is 6.71. The quantitative estimate of drug-likeness (QED) is 0.771. The second-order valence-electron chi connectivity index (χ2n) is 4.92. The maximum absolute atomic E-state index is 3.46. The lowest BCUT2D eigenvalue weighted by atomic mass is 10.1. The fourth-order valence-electron chi connectivity index (χ4n) is 2.69. The molecule has 2 rings (SSSR count). The van der Waals surface area contributed by atoms with Crippen molar-refractivity contribution in [3.8, 4) is 0 Å². The zero-order valence-electron chi connectivity index (χ0n) is 10.6. The normalized spacial score (nSPS) is 20.5. The standard InChI is InChI=1S/C14H24N2/c1-3-4-9-16-10-12-7-5-6-8-14(15-2)13(12)11-16/h10-11,14-15H,3-9H2,1-2H3. The number of hydrogen-bond donors (Lipinski definition) is 1. The van der Waals surface area contributed by atoms with Crippen molar-refractivity contribution < 1.29 is 0 Å². The van der Waals surface area contributed by atoms with Gasteiger partial charge in [-0.05, 0) is 43.9 Å². The van der Waals surface area contributed by atoms with E-state index in [9.17, 15) is 0 Å². The minimum absolute atomic E-state index is 0.584. The average Bonchev–Trinajstić information content (AvgIpc) is 2.61. The van der Waals surface area contributed by atoms with Crippen LogP contribution in [0.15, 0.2) is 12.4 Å². The first kappa shape index (κ1) is 11.7. The molecule has 0 aliphatic heterocycles. The molecule has 0 spiro atoms. The molecule has 0 saturated carbocycles. The molecule has 0 aromatic carbocycles. The van der Waals surface area contributed by atoms with Crippen molar-refractivity contribution in [2.24, 2.45) is 0 Å². The molecule has 16 heavy (non-hydrogen) atoms. The lowest BCUT2D eigenvalue weighted by molar-refractivity contribution is 0.529. The Morgan fingerprint density at radius 2 is 2.25 bits per heavy atom. The van der Waals surface area contributed by atoms with Gasteiger partial charge in [0.1, 0.15) is 0 Å². The maximum atomic E-state index is 3.46. The minimum atomic E-state index is 0.584. The first-order chi connectivity index (χ1) is 7.85. The molecule has 2 heteroatoms. The van der Waals surface area contributed by atoms with Crippen LogP contribution in [0, 0.1) is 0 Å². The Morgan fingerprint density at radius 1 is 1.38 bits per heavy atom. The summed E-state index contributed by atoms with van der Waals surface area (Å²) in [5, 5.41) is 3.46. The van der Waals surface area contributed by atoms with Gasteiger partial charge in [0.25, 0.3) is 0 Å². The number of nitrogens with zero attached hydrogens (tertiary/aromatic N) is 1. The number of unbranched alkanes of at least 4 members (excludes halogenated alkanes) is 1. The van der Waals surface area contributed by atoms with Gasteiger partial charge in [0, 0.05) is 25.0 Å². The van der Waals surface area contributed by atoms with Crippen LogP contribution in [0.1, 0.15) is 56.2 Å². The van der Waals surface area contributed by atoms with E-state index in [4.69, 9.17) is 0 Å². The molecule has 1 unspecified atom stereocenters. The van der Waals surface area contributed by atoms with Crippen molar-refractivity contribution in [1.82, 2.24) is 9.88 Å². The summed E-state index contributed by atoms with van der Waals surface area (Å²) < 4.78 is 2.39. The van der Waals surface area contributed by atoms with Crippen LogP contribution >= 0.6 is 0 Å². The van der Waals surface area contributed by atoms with Crippen molar-refractivity contribution in [2.75, 3.05) is 7.05 Å². The van der Waals surface area contributed by atoms with Crippen LogP contribution in [0.3, 0.4) is 0 Å². The highest BCUT2D eigenvalue weighted by atomic mass is 15.0. The fourth-order valence-corrected chi connectivity index (χ4v) is 2.69. The number of aryl methyl sites for hydroxylation is 2. The molecule has 0 radical (unpaired) electrons. The lowest BCUT2D eigenvalue weighted by Gasteiger charge is -2.13. The Hall–Kier alpha value is -0.760. The van der Waals surface area contributed by atoms with E-state index in [-0.39, 0.29) is 0 Å². The van der Waals surface area contributed by atoms with E-state index < -0.39 is 0 Å². The van der Waals surface area contributed by atoms with Crippen LogP contribution in [0.5, 0.6) is 0 Å². The Labute approximate surface area is 99.0 Å². The molecule has 1 heterocycles. The molecule has 0 amide bonds. The number of aromatic nitrogens is 1. The average molecular weight is 220 g/mol. The zero-order chi connectivity index (χ0) is 11.4. The van der Waals surface area contributed by atoms with E-state index in [0.29, 0.717) is 6.04 Å². The number of rotatable bonds is 4. The lowest BCUT2D eigenvalue weighted by Crippen LogP contribution is -2.15. The van der Waals surface area contributed by atoms with Gasteiger partial charge in [-0.25, -0.2) is 0 Å².